The van der Waals surface area contributed by atoms with Gasteiger partial charge in [0.25, 0.3) is 11.7 Å². The Kier molecular flexibility index (Phi) is 5.42. The smallest absolute Gasteiger partial charge is 0.266 e. The standard InChI is InChI=1S/C22H21Cl2N3O/c1-2-15-5-8-17(9-6-15)25-21(28)14-26-13-20(27-11-3-4-22(26)27)16-7-10-18(23)19(24)12-16/h5-10,12-13H,2-4,11,14H2,1H3/p+1. The zero-order chi connectivity index (χ0) is 19.7. The second-order valence-electron chi connectivity index (χ2n) is 7.04. The van der Waals surface area contributed by atoms with Crippen molar-refractivity contribution in [3.63, 3.8) is 0 Å². The van der Waals surface area contributed by atoms with Gasteiger partial charge in [-0.1, -0.05) is 42.3 Å². The van der Waals surface area contributed by atoms with E-state index in [2.05, 4.69) is 16.8 Å². The molecule has 1 aliphatic heterocycles. The molecule has 28 heavy (non-hydrogen) atoms. The summed E-state index contributed by atoms with van der Waals surface area (Å²) in [7, 11) is 0. The zero-order valence-corrected chi connectivity index (χ0v) is 17.2. The van der Waals surface area contributed by atoms with Crippen LogP contribution in [0.1, 0.15) is 24.7 Å². The summed E-state index contributed by atoms with van der Waals surface area (Å²) in [6, 6.07) is 13.6. The van der Waals surface area contributed by atoms with E-state index in [1.807, 2.05) is 53.2 Å². The first-order valence-electron chi connectivity index (χ1n) is 9.51. The fourth-order valence-electron chi connectivity index (χ4n) is 3.71. The molecule has 0 atom stereocenters. The molecule has 0 unspecified atom stereocenters. The Labute approximate surface area is 174 Å². The predicted molar refractivity (Wildman–Crippen MR) is 113 cm³/mol. The summed E-state index contributed by atoms with van der Waals surface area (Å²) in [6.45, 7) is 3.34. The number of nitrogens with one attached hydrogen (secondary N) is 1. The van der Waals surface area contributed by atoms with Crippen molar-refractivity contribution >= 4 is 34.8 Å². The molecule has 3 aromatic rings. The van der Waals surface area contributed by atoms with Gasteiger partial charge in [0.15, 0.2) is 12.2 Å². The summed E-state index contributed by atoms with van der Waals surface area (Å²) in [6.07, 6.45) is 5.05. The highest BCUT2D eigenvalue weighted by molar-refractivity contribution is 6.42. The molecule has 0 saturated heterocycles. The van der Waals surface area contributed by atoms with Gasteiger partial charge in [-0.25, -0.2) is 9.13 Å². The molecule has 0 fully saturated rings. The number of benzene rings is 2. The second kappa shape index (κ2) is 7.98. The fourth-order valence-corrected chi connectivity index (χ4v) is 4.01. The monoisotopic (exact) mass is 414 g/mol. The van der Waals surface area contributed by atoms with E-state index >= 15 is 0 Å². The van der Waals surface area contributed by atoms with Crippen LogP contribution in [-0.2, 0) is 30.7 Å². The number of amides is 1. The molecule has 0 bridgehead atoms. The number of fused-ring (bicyclic) bond motifs is 1. The predicted octanol–water partition coefficient (Wildman–Crippen LogP) is 4.90. The topological polar surface area (TPSA) is 37.9 Å². The molecule has 1 N–H and O–H groups in total. The van der Waals surface area contributed by atoms with E-state index in [0.29, 0.717) is 10.0 Å². The lowest BCUT2D eigenvalue weighted by atomic mass is 10.1. The zero-order valence-electron chi connectivity index (χ0n) is 15.7. The van der Waals surface area contributed by atoms with Gasteiger partial charge in [-0.15, -0.1) is 0 Å². The van der Waals surface area contributed by atoms with Crippen LogP contribution < -0.4 is 9.88 Å². The lowest BCUT2D eigenvalue weighted by Crippen LogP contribution is -2.42. The first-order chi connectivity index (χ1) is 13.5. The van der Waals surface area contributed by atoms with Crippen LogP contribution >= 0.6 is 23.2 Å². The average Bonchev–Trinajstić information content (AvgIpc) is 3.29. The molecular formula is C22H22Cl2N3O+. The number of carbonyl (C=O) groups excluding carboxylic acids is 1. The number of hydrogen-bond donors (Lipinski definition) is 1. The van der Waals surface area contributed by atoms with E-state index in [1.165, 1.54) is 5.56 Å². The second-order valence-corrected chi connectivity index (χ2v) is 7.86. The third kappa shape index (κ3) is 3.80. The van der Waals surface area contributed by atoms with Gasteiger partial charge in [0.05, 0.1) is 23.0 Å². The van der Waals surface area contributed by atoms with Crippen LogP contribution in [0.4, 0.5) is 5.69 Å². The first kappa shape index (κ1) is 19.0. The van der Waals surface area contributed by atoms with E-state index in [4.69, 9.17) is 23.2 Å². The van der Waals surface area contributed by atoms with Crippen LogP contribution in [0.5, 0.6) is 0 Å². The van der Waals surface area contributed by atoms with Gasteiger partial charge in [-0.05, 0) is 48.7 Å². The summed E-state index contributed by atoms with van der Waals surface area (Å²) < 4.78 is 4.31. The quantitative estimate of drug-likeness (QED) is 0.592. The summed E-state index contributed by atoms with van der Waals surface area (Å²) in [5, 5.41) is 4.07. The van der Waals surface area contributed by atoms with Crippen LogP contribution in [-0.4, -0.2) is 10.5 Å². The molecule has 2 aromatic carbocycles. The van der Waals surface area contributed by atoms with Gasteiger partial charge in [0.1, 0.15) is 6.20 Å². The van der Waals surface area contributed by atoms with Gasteiger partial charge < -0.3 is 5.32 Å². The maximum Gasteiger partial charge on any atom is 0.266 e. The number of aryl methyl sites for hydroxylation is 1. The van der Waals surface area contributed by atoms with E-state index in [0.717, 1.165) is 48.6 Å². The molecule has 0 saturated carbocycles. The molecule has 144 valence electrons. The third-order valence-electron chi connectivity index (χ3n) is 5.17. The van der Waals surface area contributed by atoms with Crippen LogP contribution in [0.3, 0.4) is 0 Å². The number of nitrogens with zero attached hydrogens (tertiary/aromatic N) is 2. The average molecular weight is 415 g/mol. The molecule has 2 heterocycles. The number of rotatable bonds is 5. The van der Waals surface area contributed by atoms with E-state index in [1.54, 1.807) is 0 Å². The Hall–Kier alpha value is -2.30. The van der Waals surface area contributed by atoms with Crippen molar-refractivity contribution < 1.29 is 9.36 Å². The largest absolute Gasteiger partial charge is 0.323 e. The normalized spacial score (nSPS) is 12.8. The molecule has 4 rings (SSSR count). The molecule has 4 nitrogen and oxygen atoms in total. The molecule has 6 heteroatoms. The van der Waals surface area contributed by atoms with E-state index < -0.39 is 0 Å². The Bertz CT molecular complexity index is 1030. The summed E-state index contributed by atoms with van der Waals surface area (Å²) in [4.78, 5) is 12.6. The Morgan fingerprint density at radius 1 is 1.14 bits per heavy atom. The minimum Gasteiger partial charge on any atom is -0.323 e. The molecule has 1 amide bonds. The van der Waals surface area contributed by atoms with Crippen molar-refractivity contribution in [1.82, 2.24) is 4.57 Å². The van der Waals surface area contributed by atoms with Gasteiger partial charge >= 0.3 is 0 Å². The Morgan fingerprint density at radius 2 is 1.93 bits per heavy atom. The Morgan fingerprint density at radius 3 is 2.64 bits per heavy atom. The minimum atomic E-state index is -0.0322. The van der Waals surface area contributed by atoms with Gasteiger partial charge in [-0.3, -0.25) is 4.79 Å². The number of carbonyl (C=O) groups is 1. The summed E-state index contributed by atoms with van der Waals surface area (Å²) in [5.41, 5.74) is 4.14. The maximum absolute atomic E-state index is 12.6. The van der Waals surface area contributed by atoms with E-state index in [9.17, 15) is 4.79 Å². The molecule has 1 aromatic heterocycles. The number of aromatic nitrogens is 2. The van der Waals surface area contributed by atoms with Crippen LogP contribution in [0.15, 0.2) is 48.7 Å². The molecule has 1 aliphatic rings. The van der Waals surface area contributed by atoms with Crippen LogP contribution in [0.2, 0.25) is 10.0 Å². The van der Waals surface area contributed by atoms with Crippen LogP contribution in [0.25, 0.3) is 11.3 Å². The Balaban J connectivity index is 1.56. The summed E-state index contributed by atoms with van der Waals surface area (Å²) >= 11 is 12.3. The van der Waals surface area contributed by atoms with Gasteiger partial charge in [-0.2, -0.15) is 0 Å². The molecular weight excluding hydrogens is 393 g/mol. The fraction of sp³-hybridized carbons (Fsp3) is 0.273. The van der Waals surface area contributed by atoms with Crippen molar-refractivity contribution in [2.45, 2.75) is 39.3 Å². The lowest BCUT2D eigenvalue weighted by Gasteiger charge is -2.05. The van der Waals surface area contributed by atoms with Crippen LogP contribution in [0, 0.1) is 0 Å². The maximum atomic E-state index is 12.6. The summed E-state index contributed by atoms with van der Waals surface area (Å²) in [5.74, 6) is 1.13. The molecule has 0 radical (unpaired) electrons. The van der Waals surface area contributed by atoms with Crippen molar-refractivity contribution in [3.05, 3.63) is 70.1 Å². The highest BCUT2D eigenvalue weighted by Crippen LogP contribution is 2.30. The van der Waals surface area contributed by atoms with Crippen molar-refractivity contribution in [1.29, 1.82) is 0 Å². The number of hydrogen-bond acceptors (Lipinski definition) is 1. The number of imidazole rings is 1. The third-order valence-corrected chi connectivity index (χ3v) is 5.91. The number of halogens is 2. The van der Waals surface area contributed by atoms with Gasteiger partial charge in [0, 0.05) is 11.3 Å². The lowest BCUT2D eigenvalue weighted by molar-refractivity contribution is -0.690. The SMILES string of the molecule is CCc1ccc(NC(=O)C[n+]2cc(-c3ccc(Cl)c(Cl)c3)n3c2CCC3)cc1. The first-order valence-corrected chi connectivity index (χ1v) is 10.3. The molecule has 0 spiro atoms. The van der Waals surface area contributed by atoms with Crippen molar-refractivity contribution in [2.24, 2.45) is 0 Å². The number of anilines is 1. The van der Waals surface area contributed by atoms with Gasteiger partial charge in [0.2, 0.25) is 0 Å². The van der Waals surface area contributed by atoms with Crippen molar-refractivity contribution in [3.8, 4) is 11.3 Å². The molecule has 0 aliphatic carbocycles. The highest BCUT2D eigenvalue weighted by Gasteiger charge is 2.29. The highest BCUT2D eigenvalue weighted by atomic mass is 35.5. The van der Waals surface area contributed by atoms with Crippen molar-refractivity contribution in [2.75, 3.05) is 5.32 Å². The minimum absolute atomic E-state index is 0.0322. The van der Waals surface area contributed by atoms with E-state index in [-0.39, 0.29) is 12.5 Å².